The first kappa shape index (κ1) is 19.5. The SMILES string of the molecule is CCCCCC#CC/C=C/[C@@H](O)[C@H](O)[C@@H]1C[C@H]1[C@H]1COC(C)(C)O1. The third-order valence-electron chi connectivity index (χ3n) is 4.77. The lowest BCUT2D eigenvalue weighted by Gasteiger charge is -2.18. The normalized spacial score (nSPS) is 30.8. The summed E-state index contributed by atoms with van der Waals surface area (Å²) in [5.41, 5.74) is 0. The van der Waals surface area contributed by atoms with Crippen LogP contribution in [0.25, 0.3) is 0 Å². The van der Waals surface area contributed by atoms with Gasteiger partial charge in [-0.25, -0.2) is 0 Å². The van der Waals surface area contributed by atoms with E-state index >= 15 is 0 Å². The molecular formula is C20H32O4. The maximum Gasteiger partial charge on any atom is 0.163 e. The first-order valence-electron chi connectivity index (χ1n) is 9.25. The quantitative estimate of drug-likeness (QED) is 0.406. The summed E-state index contributed by atoms with van der Waals surface area (Å²) in [5.74, 6) is 6.05. The summed E-state index contributed by atoms with van der Waals surface area (Å²) in [4.78, 5) is 0. The van der Waals surface area contributed by atoms with E-state index in [0.717, 1.165) is 19.3 Å². The number of unbranched alkanes of at least 4 members (excludes halogenated alkanes) is 3. The molecule has 2 aliphatic rings. The number of allylic oxidation sites excluding steroid dienone is 1. The van der Waals surface area contributed by atoms with E-state index in [4.69, 9.17) is 9.47 Å². The van der Waals surface area contributed by atoms with Gasteiger partial charge in [0.05, 0.1) is 24.9 Å². The van der Waals surface area contributed by atoms with Crippen LogP contribution in [0.4, 0.5) is 0 Å². The number of hydrogen-bond acceptors (Lipinski definition) is 4. The highest BCUT2D eigenvalue weighted by Crippen LogP contribution is 2.48. The predicted molar refractivity (Wildman–Crippen MR) is 94.2 cm³/mol. The van der Waals surface area contributed by atoms with Crippen molar-refractivity contribution in [1.82, 2.24) is 0 Å². The fourth-order valence-corrected chi connectivity index (χ4v) is 3.24. The average Bonchev–Trinajstić information content (AvgIpc) is 3.26. The summed E-state index contributed by atoms with van der Waals surface area (Å²) in [6.07, 6.45) is 8.00. The Bertz CT molecular complexity index is 474. The Balaban J connectivity index is 1.66. The summed E-state index contributed by atoms with van der Waals surface area (Å²) in [6, 6.07) is 0. The Morgan fingerprint density at radius 2 is 2.04 bits per heavy atom. The van der Waals surface area contributed by atoms with Gasteiger partial charge in [0.25, 0.3) is 0 Å². The minimum Gasteiger partial charge on any atom is -0.390 e. The Hall–Kier alpha value is -0.860. The fraction of sp³-hybridized carbons (Fsp3) is 0.800. The van der Waals surface area contributed by atoms with Gasteiger partial charge in [-0.1, -0.05) is 37.8 Å². The van der Waals surface area contributed by atoms with Gasteiger partial charge in [-0.15, -0.1) is 5.92 Å². The Morgan fingerprint density at radius 3 is 2.71 bits per heavy atom. The second kappa shape index (κ2) is 9.01. The maximum absolute atomic E-state index is 10.3. The van der Waals surface area contributed by atoms with Crippen LogP contribution >= 0.6 is 0 Å². The molecule has 4 nitrogen and oxygen atoms in total. The lowest BCUT2D eigenvalue weighted by atomic mass is 10.0. The molecule has 2 rings (SSSR count). The van der Waals surface area contributed by atoms with Gasteiger partial charge in [0.1, 0.15) is 0 Å². The van der Waals surface area contributed by atoms with E-state index in [1.54, 1.807) is 6.08 Å². The van der Waals surface area contributed by atoms with Crippen molar-refractivity contribution in [2.24, 2.45) is 11.8 Å². The van der Waals surface area contributed by atoms with Crippen molar-refractivity contribution in [3.8, 4) is 11.8 Å². The molecule has 4 heteroatoms. The lowest BCUT2D eigenvalue weighted by molar-refractivity contribution is -0.141. The molecule has 0 radical (unpaired) electrons. The van der Waals surface area contributed by atoms with Crippen LogP contribution in [0.1, 0.15) is 59.3 Å². The van der Waals surface area contributed by atoms with Gasteiger partial charge in [-0.05, 0) is 38.5 Å². The van der Waals surface area contributed by atoms with Crippen LogP contribution in [-0.2, 0) is 9.47 Å². The van der Waals surface area contributed by atoms with Gasteiger partial charge in [0, 0.05) is 12.8 Å². The molecule has 24 heavy (non-hydrogen) atoms. The molecule has 1 saturated carbocycles. The van der Waals surface area contributed by atoms with Crippen LogP contribution in [0.2, 0.25) is 0 Å². The molecule has 0 aromatic heterocycles. The Kier molecular flexibility index (Phi) is 7.31. The van der Waals surface area contributed by atoms with Crippen LogP contribution in [-0.4, -0.2) is 40.9 Å². The number of ether oxygens (including phenoxy) is 2. The van der Waals surface area contributed by atoms with Gasteiger partial charge < -0.3 is 19.7 Å². The minimum absolute atomic E-state index is 0.0322. The zero-order chi connectivity index (χ0) is 17.6. The van der Waals surface area contributed by atoms with Gasteiger partial charge >= 0.3 is 0 Å². The van der Waals surface area contributed by atoms with Crippen molar-refractivity contribution in [2.45, 2.75) is 83.4 Å². The lowest BCUT2D eigenvalue weighted by Crippen LogP contribution is -2.29. The van der Waals surface area contributed by atoms with E-state index < -0.39 is 18.0 Å². The summed E-state index contributed by atoms with van der Waals surface area (Å²) in [6.45, 7) is 6.56. The molecular weight excluding hydrogens is 304 g/mol. The molecule has 1 heterocycles. The summed E-state index contributed by atoms with van der Waals surface area (Å²) in [5, 5.41) is 20.4. The van der Waals surface area contributed by atoms with Gasteiger partial charge in [0.2, 0.25) is 0 Å². The largest absolute Gasteiger partial charge is 0.390 e. The molecule has 0 bridgehead atoms. The zero-order valence-electron chi connectivity index (χ0n) is 15.2. The van der Waals surface area contributed by atoms with E-state index in [-0.39, 0.29) is 17.9 Å². The number of aliphatic hydroxyl groups is 2. The van der Waals surface area contributed by atoms with Gasteiger partial charge in [-0.3, -0.25) is 0 Å². The molecule has 1 saturated heterocycles. The molecule has 0 aromatic carbocycles. The molecule has 0 aromatic rings. The first-order chi connectivity index (χ1) is 11.4. The summed E-state index contributed by atoms with van der Waals surface area (Å²) in [7, 11) is 0. The molecule has 1 aliphatic carbocycles. The molecule has 0 unspecified atom stereocenters. The summed E-state index contributed by atoms with van der Waals surface area (Å²) < 4.78 is 11.4. The third-order valence-corrected chi connectivity index (χ3v) is 4.77. The van der Waals surface area contributed by atoms with Crippen molar-refractivity contribution in [2.75, 3.05) is 6.61 Å². The van der Waals surface area contributed by atoms with E-state index in [1.807, 2.05) is 19.9 Å². The van der Waals surface area contributed by atoms with E-state index in [2.05, 4.69) is 18.8 Å². The highest BCUT2D eigenvalue weighted by molar-refractivity contribution is 5.08. The van der Waals surface area contributed by atoms with Crippen molar-refractivity contribution in [3.63, 3.8) is 0 Å². The molecule has 2 N–H and O–H groups in total. The monoisotopic (exact) mass is 336 g/mol. The molecule has 0 spiro atoms. The van der Waals surface area contributed by atoms with Crippen molar-refractivity contribution in [1.29, 1.82) is 0 Å². The highest BCUT2D eigenvalue weighted by Gasteiger charge is 2.52. The Morgan fingerprint density at radius 1 is 1.25 bits per heavy atom. The van der Waals surface area contributed by atoms with E-state index in [1.165, 1.54) is 12.8 Å². The second-order valence-corrected chi connectivity index (χ2v) is 7.35. The standard InChI is InChI=1S/C20H32O4/c1-4-5-6-7-8-9-10-11-12-17(21)19(22)16-13-15(16)18-14-23-20(2,3)24-18/h11-12,15-19,21-22H,4-7,10,13-14H2,1-3H3/b12-11+/t15-,16-,17-,18-,19-/m1/s1. The molecule has 136 valence electrons. The van der Waals surface area contributed by atoms with Crippen LogP contribution in [0.3, 0.4) is 0 Å². The molecule has 0 amide bonds. The topological polar surface area (TPSA) is 58.9 Å². The summed E-state index contributed by atoms with van der Waals surface area (Å²) >= 11 is 0. The number of hydrogen-bond donors (Lipinski definition) is 2. The van der Waals surface area contributed by atoms with Crippen molar-refractivity contribution >= 4 is 0 Å². The fourth-order valence-electron chi connectivity index (χ4n) is 3.24. The number of aliphatic hydroxyl groups excluding tert-OH is 2. The third kappa shape index (κ3) is 5.89. The molecule has 5 atom stereocenters. The second-order valence-electron chi connectivity index (χ2n) is 7.35. The minimum atomic E-state index is -0.836. The van der Waals surface area contributed by atoms with Crippen LogP contribution < -0.4 is 0 Å². The van der Waals surface area contributed by atoms with Crippen LogP contribution in [0.5, 0.6) is 0 Å². The van der Waals surface area contributed by atoms with E-state index in [0.29, 0.717) is 13.0 Å². The molecule has 2 fully saturated rings. The van der Waals surface area contributed by atoms with Crippen LogP contribution in [0.15, 0.2) is 12.2 Å². The van der Waals surface area contributed by atoms with Crippen molar-refractivity contribution < 1.29 is 19.7 Å². The smallest absolute Gasteiger partial charge is 0.163 e. The maximum atomic E-state index is 10.3. The Labute approximate surface area is 146 Å². The first-order valence-corrected chi connectivity index (χ1v) is 9.25. The van der Waals surface area contributed by atoms with Crippen LogP contribution in [0, 0.1) is 23.7 Å². The van der Waals surface area contributed by atoms with E-state index in [9.17, 15) is 10.2 Å². The zero-order valence-corrected chi connectivity index (χ0v) is 15.2. The van der Waals surface area contributed by atoms with Gasteiger partial charge in [0.15, 0.2) is 5.79 Å². The number of rotatable bonds is 8. The molecule has 1 aliphatic heterocycles. The predicted octanol–water partition coefficient (Wildman–Crippen LogP) is 3.03. The highest BCUT2D eigenvalue weighted by atomic mass is 16.7. The van der Waals surface area contributed by atoms with Crippen molar-refractivity contribution in [3.05, 3.63) is 12.2 Å². The van der Waals surface area contributed by atoms with Gasteiger partial charge in [-0.2, -0.15) is 0 Å². The average molecular weight is 336 g/mol.